The number of nitrogens with zero attached hydrogens (tertiary/aromatic N) is 1. The number of ether oxygens (including phenoxy) is 1. The SMILES string of the molecule is CCCNC(=O)COc1ccc([N+](=O)[O-])cc1S(N)(=O)=O. The lowest BCUT2D eigenvalue weighted by molar-refractivity contribution is -0.385. The van der Waals surface area contributed by atoms with Gasteiger partial charge in [-0.3, -0.25) is 14.9 Å². The topological polar surface area (TPSA) is 142 Å². The fourth-order valence-corrected chi connectivity index (χ4v) is 2.10. The first kappa shape index (κ1) is 16.9. The Hall–Kier alpha value is -2.20. The molecule has 0 saturated carbocycles. The third kappa shape index (κ3) is 5.00. The van der Waals surface area contributed by atoms with E-state index < -0.39 is 38.0 Å². The molecule has 10 heteroatoms. The molecule has 0 aliphatic carbocycles. The molecule has 0 atom stereocenters. The summed E-state index contributed by atoms with van der Waals surface area (Å²) in [4.78, 5) is 20.7. The molecule has 0 fully saturated rings. The molecule has 1 aromatic rings. The molecule has 0 aliphatic heterocycles. The Morgan fingerprint density at radius 2 is 2.14 bits per heavy atom. The fourth-order valence-electron chi connectivity index (χ4n) is 1.41. The summed E-state index contributed by atoms with van der Waals surface area (Å²) in [6.07, 6.45) is 0.742. The second-order valence-corrected chi connectivity index (χ2v) is 5.60. The number of nitrogens with two attached hydrogens (primary N) is 1. The average Bonchev–Trinajstić information content (AvgIpc) is 2.41. The molecule has 116 valence electrons. The van der Waals surface area contributed by atoms with Crippen LogP contribution in [0, 0.1) is 10.1 Å². The van der Waals surface area contributed by atoms with Crippen LogP contribution in [0.25, 0.3) is 0 Å². The number of carbonyl (C=O) groups excluding carboxylic acids is 1. The van der Waals surface area contributed by atoms with Crippen molar-refractivity contribution in [3.8, 4) is 5.75 Å². The number of non-ortho nitro benzene ring substituents is 1. The van der Waals surface area contributed by atoms with Crippen molar-refractivity contribution in [2.24, 2.45) is 5.14 Å². The van der Waals surface area contributed by atoms with E-state index in [0.29, 0.717) is 6.54 Å². The highest BCUT2D eigenvalue weighted by atomic mass is 32.2. The van der Waals surface area contributed by atoms with Gasteiger partial charge in [0.25, 0.3) is 11.6 Å². The number of rotatable bonds is 7. The summed E-state index contributed by atoms with van der Waals surface area (Å²) in [5, 5.41) is 18.2. The summed E-state index contributed by atoms with van der Waals surface area (Å²) < 4.78 is 27.9. The normalized spacial score (nSPS) is 11.0. The van der Waals surface area contributed by atoms with Crippen LogP contribution < -0.4 is 15.2 Å². The number of benzene rings is 1. The van der Waals surface area contributed by atoms with Crippen molar-refractivity contribution < 1.29 is 22.9 Å². The number of amides is 1. The van der Waals surface area contributed by atoms with E-state index in [0.717, 1.165) is 24.6 Å². The fraction of sp³-hybridized carbons (Fsp3) is 0.364. The second-order valence-electron chi connectivity index (χ2n) is 4.07. The zero-order valence-electron chi connectivity index (χ0n) is 11.2. The minimum atomic E-state index is -4.22. The minimum Gasteiger partial charge on any atom is -0.482 e. The summed E-state index contributed by atoms with van der Waals surface area (Å²) in [5.74, 6) is -0.648. The van der Waals surface area contributed by atoms with Gasteiger partial charge < -0.3 is 10.1 Å². The summed E-state index contributed by atoms with van der Waals surface area (Å²) in [6, 6.07) is 2.94. The third-order valence-corrected chi connectivity index (χ3v) is 3.31. The molecule has 0 bridgehead atoms. The van der Waals surface area contributed by atoms with Crippen molar-refractivity contribution in [2.75, 3.05) is 13.2 Å². The average molecular weight is 317 g/mol. The lowest BCUT2D eigenvalue weighted by Crippen LogP contribution is -2.29. The molecule has 0 saturated heterocycles. The lowest BCUT2D eigenvalue weighted by Gasteiger charge is -2.10. The number of primary sulfonamides is 1. The molecule has 0 spiro atoms. The van der Waals surface area contributed by atoms with E-state index in [1.807, 2.05) is 6.92 Å². The van der Waals surface area contributed by atoms with Crippen LogP contribution >= 0.6 is 0 Å². The molecule has 1 amide bonds. The van der Waals surface area contributed by atoms with Crippen molar-refractivity contribution in [2.45, 2.75) is 18.2 Å². The molecule has 3 N–H and O–H groups in total. The third-order valence-electron chi connectivity index (χ3n) is 2.38. The van der Waals surface area contributed by atoms with Crippen molar-refractivity contribution in [1.82, 2.24) is 5.32 Å². The standard InChI is InChI=1S/C11H15N3O6S/c1-2-5-13-11(15)7-20-9-4-3-8(14(16)17)6-10(9)21(12,18)19/h3-4,6H,2,5,7H2,1H3,(H,13,15)(H2,12,18,19). The van der Waals surface area contributed by atoms with Crippen LogP contribution in [-0.2, 0) is 14.8 Å². The molecule has 1 rings (SSSR count). The lowest BCUT2D eigenvalue weighted by atomic mass is 10.3. The van der Waals surface area contributed by atoms with Gasteiger partial charge in [0.15, 0.2) is 6.61 Å². The van der Waals surface area contributed by atoms with Crippen LogP contribution in [0.4, 0.5) is 5.69 Å². The number of nitro benzene ring substituents is 1. The van der Waals surface area contributed by atoms with E-state index >= 15 is 0 Å². The summed E-state index contributed by atoms with van der Waals surface area (Å²) in [6.45, 7) is 1.92. The zero-order chi connectivity index (χ0) is 16.0. The van der Waals surface area contributed by atoms with Crippen molar-refractivity contribution in [1.29, 1.82) is 0 Å². The van der Waals surface area contributed by atoms with Crippen LogP contribution in [-0.4, -0.2) is 32.4 Å². The van der Waals surface area contributed by atoms with E-state index in [1.165, 1.54) is 0 Å². The molecule has 0 aromatic heterocycles. The molecule has 0 unspecified atom stereocenters. The minimum absolute atomic E-state index is 0.213. The van der Waals surface area contributed by atoms with Crippen LogP contribution in [0.1, 0.15) is 13.3 Å². The summed E-state index contributed by atoms with van der Waals surface area (Å²) in [5.41, 5.74) is -0.443. The maximum Gasteiger partial charge on any atom is 0.271 e. The van der Waals surface area contributed by atoms with E-state index in [1.54, 1.807) is 0 Å². The van der Waals surface area contributed by atoms with Gasteiger partial charge >= 0.3 is 0 Å². The monoisotopic (exact) mass is 317 g/mol. The van der Waals surface area contributed by atoms with Gasteiger partial charge in [0.2, 0.25) is 10.0 Å². The Morgan fingerprint density at radius 1 is 1.48 bits per heavy atom. The molecule has 21 heavy (non-hydrogen) atoms. The Labute approximate surface area is 121 Å². The number of nitrogens with one attached hydrogen (secondary N) is 1. The van der Waals surface area contributed by atoms with E-state index in [2.05, 4.69) is 5.32 Å². The molecule has 1 aromatic carbocycles. The Bertz CT molecular complexity index is 643. The Kier molecular flexibility index (Phi) is 5.61. The summed E-state index contributed by atoms with van der Waals surface area (Å²) in [7, 11) is -4.22. The zero-order valence-corrected chi connectivity index (χ0v) is 12.1. The molecule has 0 aliphatic rings. The highest BCUT2D eigenvalue weighted by Crippen LogP contribution is 2.27. The van der Waals surface area contributed by atoms with Crippen molar-refractivity contribution in [3.05, 3.63) is 28.3 Å². The molecular formula is C11H15N3O6S. The molecule has 9 nitrogen and oxygen atoms in total. The highest BCUT2D eigenvalue weighted by Gasteiger charge is 2.20. The maximum absolute atomic E-state index is 11.4. The Morgan fingerprint density at radius 3 is 2.67 bits per heavy atom. The first-order valence-electron chi connectivity index (χ1n) is 5.96. The first-order chi connectivity index (χ1) is 9.75. The van der Waals surface area contributed by atoms with E-state index in [-0.39, 0.29) is 5.75 Å². The molecular weight excluding hydrogens is 302 g/mol. The van der Waals surface area contributed by atoms with Gasteiger partial charge in [-0.05, 0) is 12.5 Å². The summed E-state index contributed by atoms with van der Waals surface area (Å²) >= 11 is 0. The van der Waals surface area contributed by atoms with Crippen molar-refractivity contribution in [3.63, 3.8) is 0 Å². The van der Waals surface area contributed by atoms with Crippen LogP contribution in [0.15, 0.2) is 23.1 Å². The van der Waals surface area contributed by atoms with Gasteiger partial charge in [-0.1, -0.05) is 6.92 Å². The van der Waals surface area contributed by atoms with Gasteiger partial charge in [-0.2, -0.15) is 0 Å². The van der Waals surface area contributed by atoms with Crippen molar-refractivity contribution >= 4 is 21.6 Å². The predicted octanol–water partition coefficient (Wildman–Crippen LogP) is 0.147. The number of hydrogen-bond acceptors (Lipinski definition) is 6. The van der Waals surface area contributed by atoms with Gasteiger partial charge in [-0.15, -0.1) is 0 Å². The second kappa shape index (κ2) is 6.99. The number of hydrogen-bond donors (Lipinski definition) is 2. The molecule has 0 heterocycles. The highest BCUT2D eigenvalue weighted by molar-refractivity contribution is 7.89. The number of sulfonamides is 1. The maximum atomic E-state index is 11.4. The van der Waals surface area contributed by atoms with E-state index in [4.69, 9.17) is 9.88 Å². The Balaban J connectivity index is 2.97. The van der Waals surface area contributed by atoms with Gasteiger partial charge in [0, 0.05) is 18.7 Å². The number of nitro groups is 1. The quantitative estimate of drug-likeness (QED) is 0.541. The van der Waals surface area contributed by atoms with Crippen LogP contribution in [0.5, 0.6) is 5.75 Å². The van der Waals surface area contributed by atoms with Gasteiger partial charge in [0.05, 0.1) is 4.92 Å². The van der Waals surface area contributed by atoms with Gasteiger partial charge in [-0.25, -0.2) is 13.6 Å². The first-order valence-corrected chi connectivity index (χ1v) is 7.51. The van der Waals surface area contributed by atoms with Gasteiger partial charge in [0.1, 0.15) is 10.6 Å². The van der Waals surface area contributed by atoms with Crippen LogP contribution in [0.3, 0.4) is 0 Å². The molecule has 0 radical (unpaired) electrons. The predicted molar refractivity (Wildman–Crippen MR) is 73.3 cm³/mol. The smallest absolute Gasteiger partial charge is 0.271 e. The van der Waals surface area contributed by atoms with Crippen LogP contribution in [0.2, 0.25) is 0 Å². The van der Waals surface area contributed by atoms with E-state index in [9.17, 15) is 23.3 Å². The number of carbonyl (C=O) groups is 1. The largest absolute Gasteiger partial charge is 0.482 e.